The van der Waals surface area contributed by atoms with E-state index in [9.17, 15) is 4.79 Å². The summed E-state index contributed by atoms with van der Waals surface area (Å²) >= 11 is 0. The van der Waals surface area contributed by atoms with Crippen molar-refractivity contribution in [2.24, 2.45) is 0 Å². The normalized spacial score (nSPS) is 13.8. The lowest BCUT2D eigenvalue weighted by Crippen LogP contribution is -2.42. The summed E-state index contributed by atoms with van der Waals surface area (Å²) in [5.41, 5.74) is 2.20. The van der Waals surface area contributed by atoms with Crippen LogP contribution in [0.5, 0.6) is 0 Å². The summed E-state index contributed by atoms with van der Waals surface area (Å²) in [5.74, 6) is 1.09. The van der Waals surface area contributed by atoms with Crippen LogP contribution in [0.25, 0.3) is 0 Å². The SMILES string of the molecule is CCc1oc(C(=O)N[C@@H](C)[C@@H](c2ccccc2)N(C)C)cc1C. The molecule has 23 heavy (non-hydrogen) atoms. The van der Waals surface area contributed by atoms with E-state index in [1.165, 1.54) is 5.56 Å². The number of furan rings is 1. The summed E-state index contributed by atoms with van der Waals surface area (Å²) in [4.78, 5) is 14.6. The molecule has 4 nitrogen and oxygen atoms in total. The van der Waals surface area contributed by atoms with Crippen LogP contribution in [-0.2, 0) is 6.42 Å². The van der Waals surface area contributed by atoms with Gasteiger partial charge in [-0.15, -0.1) is 0 Å². The number of aryl methyl sites for hydroxylation is 2. The molecule has 0 aliphatic carbocycles. The molecular formula is C19H26N2O2. The number of hydrogen-bond donors (Lipinski definition) is 1. The Hall–Kier alpha value is -2.07. The van der Waals surface area contributed by atoms with Gasteiger partial charge < -0.3 is 14.6 Å². The molecule has 1 heterocycles. The largest absolute Gasteiger partial charge is 0.456 e. The number of carbonyl (C=O) groups is 1. The predicted octanol–water partition coefficient (Wildman–Crippen LogP) is 3.57. The molecule has 0 aliphatic rings. The fourth-order valence-corrected chi connectivity index (χ4v) is 3.02. The average molecular weight is 314 g/mol. The fraction of sp³-hybridized carbons (Fsp3) is 0.421. The lowest BCUT2D eigenvalue weighted by atomic mass is 9.99. The van der Waals surface area contributed by atoms with E-state index in [2.05, 4.69) is 22.3 Å². The van der Waals surface area contributed by atoms with Gasteiger partial charge in [0.25, 0.3) is 5.91 Å². The maximum Gasteiger partial charge on any atom is 0.287 e. The monoisotopic (exact) mass is 314 g/mol. The lowest BCUT2D eigenvalue weighted by molar-refractivity contribution is 0.0886. The number of nitrogens with zero attached hydrogens (tertiary/aromatic N) is 1. The molecule has 1 aromatic carbocycles. The lowest BCUT2D eigenvalue weighted by Gasteiger charge is -2.31. The Balaban J connectivity index is 2.15. The molecule has 0 bridgehead atoms. The third-order valence-electron chi connectivity index (χ3n) is 4.10. The van der Waals surface area contributed by atoms with Crippen molar-refractivity contribution in [3.8, 4) is 0 Å². The number of likely N-dealkylation sites (N-methyl/N-ethyl adjacent to an activating group) is 1. The van der Waals surface area contributed by atoms with Gasteiger partial charge in [-0.25, -0.2) is 0 Å². The van der Waals surface area contributed by atoms with Gasteiger partial charge in [0.05, 0.1) is 6.04 Å². The van der Waals surface area contributed by atoms with Crippen molar-refractivity contribution >= 4 is 5.91 Å². The average Bonchev–Trinajstić information content (AvgIpc) is 2.89. The van der Waals surface area contributed by atoms with Crippen molar-refractivity contribution < 1.29 is 9.21 Å². The van der Waals surface area contributed by atoms with E-state index in [-0.39, 0.29) is 18.0 Å². The highest BCUT2D eigenvalue weighted by Gasteiger charge is 2.24. The molecule has 0 spiro atoms. The van der Waals surface area contributed by atoms with Crippen LogP contribution >= 0.6 is 0 Å². The van der Waals surface area contributed by atoms with Gasteiger partial charge >= 0.3 is 0 Å². The summed E-state index contributed by atoms with van der Waals surface area (Å²) in [7, 11) is 4.04. The molecule has 0 fully saturated rings. The zero-order chi connectivity index (χ0) is 17.0. The topological polar surface area (TPSA) is 45.5 Å². The van der Waals surface area contributed by atoms with E-state index in [1.807, 2.05) is 59.1 Å². The van der Waals surface area contributed by atoms with E-state index in [0.29, 0.717) is 5.76 Å². The fourth-order valence-electron chi connectivity index (χ4n) is 3.02. The second-order valence-electron chi connectivity index (χ2n) is 6.15. The minimum Gasteiger partial charge on any atom is -0.456 e. The van der Waals surface area contributed by atoms with Gasteiger partial charge in [0.1, 0.15) is 5.76 Å². The molecule has 4 heteroatoms. The van der Waals surface area contributed by atoms with Crippen molar-refractivity contribution in [1.82, 2.24) is 10.2 Å². The first kappa shape index (κ1) is 17.3. The van der Waals surface area contributed by atoms with Gasteiger partial charge in [0.15, 0.2) is 5.76 Å². The van der Waals surface area contributed by atoms with E-state index < -0.39 is 0 Å². The molecule has 1 aromatic heterocycles. The molecule has 2 aromatic rings. The van der Waals surface area contributed by atoms with Gasteiger partial charge in [-0.05, 0) is 45.1 Å². The van der Waals surface area contributed by atoms with Crippen LogP contribution in [-0.4, -0.2) is 30.9 Å². The summed E-state index contributed by atoms with van der Waals surface area (Å²) < 4.78 is 5.65. The Labute approximate surface area is 138 Å². The second kappa shape index (κ2) is 7.47. The maximum absolute atomic E-state index is 12.5. The number of carbonyl (C=O) groups excluding carboxylic acids is 1. The minimum absolute atomic E-state index is 0.0459. The van der Waals surface area contributed by atoms with Crippen LogP contribution in [0.2, 0.25) is 0 Å². The number of benzene rings is 1. The summed E-state index contributed by atoms with van der Waals surface area (Å²) in [5, 5.41) is 3.07. The molecule has 0 saturated carbocycles. The zero-order valence-corrected chi connectivity index (χ0v) is 14.6. The van der Waals surface area contributed by atoms with Crippen molar-refractivity contribution in [2.45, 2.75) is 39.3 Å². The number of hydrogen-bond acceptors (Lipinski definition) is 3. The second-order valence-corrected chi connectivity index (χ2v) is 6.15. The molecule has 0 unspecified atom stereocenters. The van der Waals surface area contributed by atoms with E-state index >= 15 is 0 Å². The van der Waals surface area contributed by atoms with Gasteiger partial charge in [0.2, 0.25) is 0 Å². The molecule has 0 aliphatic heterocycles. The highest BCUT2D eigenvalue weighted by molar-refractivity contribution is 5.92. The van der Waals surface area contributed by atoms with Crippen LogP contribution in [0.1, 0.15) is 47.3 Å². The minimum atomic E-state index is -0.164. The van der Waals surface area contributed by atoms with Crippen LogP contribution in [0.3, 0.4) is 0 Å². The standard InChI is InChI=1S/C19H26N2O2/c1-6-16-13(2)12-17(23-16)19(22)20-14(3)18(21(4)5)15-10-8-7-9-11-15/h7-12,14,18H,6H2,1-5H3,(H,20,22)/t14-,18-/m0/s1. The number of nitrogens with one attached hydrogen (secondary N) is 1. The van der Waals surface area contributed by atoms with Crippen molar-refractivity contribution in [3.63, 3.8) is 0 Å². The highest BCUT2D eigenvalue weighted by Crippen LogP contribution is 2.22. The summed E-state index contributed by atoms with van der Waals surface area (Å²) in [6.45, 7) is 6.01. The van der Waals surface area contributed by atoms with Crippen LogP contribution in [0.15, 0.2) is 40.8 Å². The molecule has 0 radical (unpaired) electrons. The van der Waals surface area contributed by atoms with Crippen molar-refractivity contribution in [3.05, 3.63) is 59.0 Å². The smallest absolute Gasteiger partial charge is 0.287 e. The Morgan fingerprint density at radius 1 is 1.26 bits per heavy atom. The van der Waals surface area contributed by atoms with Crippen LogP contribution in [0.4, 0.5) is 0 Å². The Morgan fingerprint density at radius 3 is 2.43 bits per heavy atom. The van der Waals surface area contributed by atoms with E-state index in [1.54, 1.807) is 0 Å². The Morgan fingerprint density at radius 2 is 1.91 bits per heavy atom. The van der Waals surface area contributed by atoms with E-state index in [0.717, 1.165) is 17.7 Å². The zero-order valence-electron chi connectivity index (χ0n) is 14.6. The third-order valence-corrected chi connectivity index (χ3v) is 4.10. The predicted molar refractivity (Wildman–Crippen MR) is 92.6 cm³/mol. The van der Waals surface area contributed by atoms with Crippen LogP contribution in [0, 0.1) is 6.92 Å². The third kappa shape index (κ3) is 4.02. The quantitative estimate of drug-likeness (QED) is 0.886. The molecule has 0 saturated heterocycles. The molecule has 2 rings (SSSR count). The maximum atomic E-state index is 12.5. The Kier molecular flexibility index (Phi) is 5.61. The van der Waals surface area contributed by atoms with Gasteiger partial charge in [0, 0.05) is 12.5 Å². The first-order chi connectivity index (χ1) is 10.9. The van der Waals surface area contributed by atoms with Crippen molar-refractivity contribution in [1.29, 1.82) is 0 Å². The summed E-state index contributed by atoms with van der Waals surface area (Å²) in [6.07, 6.45) is 0.791. The number of rotatable bonds is 6. The molecule has 124 valence electrons. The first-order valence-corrected chi connectivity index (χ1v) is 8.05. The molecule has 2 atom stereocenters. The van der Waals surface area contributed by atoms with Gasteiger partial charge in [-0.3, -0.25) is 4.79 Å². The molecule has 1 N–H and O–H groups in total. The Bertz CT molecular complexity index is 647. The highest BCUT2D eigenvalue weighted by atomic mass is 16.4. The molecule has 1 amide bonds. The van der Waals surface area contributed by atoms with Gasteiger partial charge in [-0.1, -0.05) is 37.3 Å². The first-order valence-electron chi connectivity index (χ1n) is 8.05. The van der Waals surface area contributed by atoms with Crippen molar-refractivity contribution in [2.75, 3.05) is 14.1 Å². The summed E-state index contributed by atoms with van der Waals surface area (Å²) in [6, 6.07) is 12.1. The number of amides is 1. The van der Waals surface area contributed by atoms with E-state index in [4.69, 9.17) is 4.42 Å². The van der Waals surface area contributed by atoms with Crippen LogP contribution < -0.4 is 5.32 Å². The van der Waals surface area contributed by atoms with Gasteiger partial charge in [-0.2, -0.15) is 0 Å². The molecular weight excluding hydrogens is 288 g/mol.